The van der Waals surface area contributed by atoms with Gasteiger partial charge in [0, 0.05) is 6.61 Å². The number of imide groups is 1. The molecule has 0 bridgehead atoms. The summed E-state index contributed by atoms with van der Waals surface area (Å²) in [5.74, 6) is -1.07. The van der Waals surface area contributed by atoms with Crippen LogP contribution in [-0.2, 0) is 28.7 Å². The molecule has 0 spiro atoms. The highest BCUT2D eigenvalue weighted by molar-refractivity contribution is 7.47. The van der Waals surface area contributed by atoms with E-state index in [9.17, 15) is 34.5 Å². The lowest BCUT2D eigenvalue weighted by Gasteiger charge is -2.30. The highest BCUT2D eigenvalue weighted by Gasteiger charge is 2.83. The Balaban J connectivity index is 0.957. The zero-order valence-electron chi connectivity index (χ0n) is 33.2. The van der Waals surface area contributed by atoms with Crippen molar-refractivity contribution in [3.05, 3.63) is 59.5 Å². The Morgan fingerprint density at radius 1 is 0.914 bits per heavy atom. The van der Waals surface area contributed by atoms with E-state index in [1.165, 1.54) is 106 Å². The van der Waals surface area contributed by atoms with Crippen molar-refractivity contribution in [1.29, 1.82) is 5.26 Å². The summed E-state index contributed by atoms with van der Waals surface area (Å²) in [7, 11) is -5.03. The molecule has 3 aromatic rings. The molecule has 1 saturated heterocycles. The third-order valence-electron chi connectivity index (χ3n) is 11.6. The molecule has 2 amide bonds. The van der Waals surface area contributed by atoms with Crippen molar-refractivity contribution in [2.24, 2.45) is 0 Å². The standard InChI is InChI=1S/C41H57N6O10P/c1-2-3-4-5-6-7-8-9-10-11-12-13-14-15-16-19-24-54-25-29(46-37(48)30-20-17-18-21-31(30)38(46)49)26-55-58(52,53)57-35-34-41(35,51)39(50)40(27-42,56-34)33-23-22-32-36(43)44-28-45-47(32)33/h17-18,20-23,28-29,34-35,39,50-51H,2-16,19,24-26H2,1H3,(H,52,53)(H2,43,44,45)/t29-,34-,35?,39+,40+,41+/m1/s1. The minimum atomic E-state index is -5.03. The van der Waals surface area contributed by atoms with Gasteiger partial charge < -0.3 is 30.3 Å². The molecule has 1 aliphatic carbocycles. The summed E-state index contributed by atoms with van der Waals surface area (Å²) in [6, 6.07) is 10.1. The van der Waals surface area contributed by atoms with Crippen LogP contribution in [0.5, 0.6) is 0 Å². The Kier molecular flexibility index (Phi) is 14.7. The number of phosphoric ester groups is 1. The molecule has 17 heteroatoms. The van der Waals surface area contributed by atoms with Crippen molar-refractivity contribution in [2.45, 2.75) is 145 Å². The summed E-state index contributed by atoms with van der Waals surface area (Å²) in [6.45, 7) is 1.81. The van der Waals surface area contributed by atoms with Gasteiger partial charge in [-0.3, -0.25) is 23.5 Å². The summed E-state index contributed by atoms with van der Waals surface area (Å²) >= 11 is 0. The molecule has 4 heterocycles. The number of unbranched alkanes of at least 4 members (excludes halogenated alkanes) is 15. The number of nitrogen functional groups attached to an aromatic ring is 1. The molecule has 0 radical (unpaired) electrons. The van der Waals surface area contributed by atoms with Gasteiger partial charge in [0.05, 0.1) is 36.1 Å². The minimum absolute atomic E-state index is 0.0535. The van der Waals surface area contributed by atoms with Crippen LogP contribution < -0.4 is 5.73 Å². The maximum absolute atomic E-state index is 13.4. The van der Waals surface area contributed by atoms with Crippen molar-refractivity contribution < 1.29 is 47.8 Å². The molecule has 6 rings (SSSR count). The number of rotatable bonds is 26. The number of carbonyl (C=O) groups excluding carboxylic acids is 2. The molecule has 3 aliphatic rings. The Bertz CT molecular complexity index is 1940. The fraction of sp³-hybridized carbons (Fsp3) is 0.634. The van der Waals surface area contributed by atoms with E-state index in [0.717, 1.165) is 36.9 Å². The van der Waals surface area contributed by atoms with E-state index in [4.69, 9.17) is 24.3 Å². The van der Waals surface area contributed by atoms with Gasteiger partial charge in [-0.15, -0.1) is 0 Å². The lowest BCUT2D eigenvalue weighted by molar-refractivity contribution is -0.106. The lowest BCUT2D eigenvalue weighted by Crippen LogP contribution is -2.47. The van der Waals surface area contributed by atoms with Gasteiger partial charge in [-0.05, 0) is 30.7 Å². The molecular weight excluding hydrogens is 767 g/mol. The van der Waals surface area contributed by atoms with Crippen molar-refractivity contribution in [2.75, 3.05) is 25.6 Å². The first-order chi connectivity index (χ1) is 28.0. The second kappa shape index (κ2) is 19.5. The van der Waals surface area contributed by atoms with E-state index in [2.05, 4.69) is 17.0 Å². The maximum atomic E-state index is 13.4. The Hall–Kier alpha value is -3.78. The van der Waals surface area contributed by atoms with Crippen LogP contribution >= 0.6 is 7.82 Å². The first-order valence-electron chi connectivity index (χ1n) is 20.8. The molecule has 2 fully saturated rings. The highest BCUT2D eigenvalue weighted by atomic mass is 31.2. The largest absolute Gasteiger partial charge is 0.472 e. The molecule has 1 saturated carbocycles. The Labute approximate surface area is 339 Å². The number of nitriles is 1. The van der Waals surface area contributed by atoms with Gasteiger partial charge in [-0.2, -0.15) is 10.4 Å². The number of fused-ring (bicyclic) bond motifs is 3. The number of nitrogens with zero attached hydrogens (tertiary/aromatic N) is 5. The number of hydrogen-bond acceptors (Lipinski definition) is 13. The Morgan fingerprint density at radius 3 is 2.02 bits per heavy atom. The van der Waals surface area contributed by atoms with Gasteiger partial charge in [-0.25, -0.2) is 14.1 Å². The topological polar surface area (TPSA) is 232 Å². The fourth-order valence-electron chi connectivity index (χ4n) is 8.17. The SMILES string of the molecule is CCCCCCCCCCCCCCCCCCOC[C@H](COP(=O)(O)OC1[C@H]2O[C@@](C#N)(c3ccc4c(N)ncnn34)[C@H](O)[C@@]12O)N1C(=O)c2ccccc2C1=O. The molecule has 16 nitrogen and oxygen atoms in total. The molecule has 7 atom stereocenters. The third kappa shape index (κ3) is 9.32. The summed E-state index contributed by atoms with van der Waals surface area (Å²) in [6.07, 6.45) is 16.0. The Morgan fingerprint density at radius 2 is 1.48 bits per heavy atom. The van der Waals surface area contributed by atoms with Gasteiger partial charge in [-0.1, -0.05) is 115 Å². The summed E-state index contributed by atoms with van der Waals surface area (Å²) in [5, 5.41) is 36.9. The summed E-state index contributed by atoms with van der Waals surface area (Å²) in [4.78, 5) is 42.4. The fourth-order valence-corrected chi connectivity index (χ4v) is 9.16. The number of hydrogen-bond donors (Lipinski definition) is 4. The number of amides is 2. The summed E-state index contributed by atoms with van der Waals surface area (Å²) < 4.78 is 36.9. The highest BCUT2D eigenvalue weighted by Crippen LogP contribution is 2.63. The lowest BCUT2D eigenvalue weighted by atomic mass is 9.90. The molecule has 2 aliphatic heterocycles. The number of anilines is 1. The maximum Gasteiger partial charge on any atom is 0.472 e. The number of carbonyl (C=O) groups is 2. The average Bonchev–Trinajstić information content (AvgIpc) is 3.50. The van der Waals surface area contributed by atoms with E-state index >= 15 is 0 Å². The molecule has 1 aromatic carbocycles. The van der Waals surface area contributed by atoms with Crippen LogP contribution in [0.3, 0.4) is 0 Å². The molecule has 2 aromatic heterocycles. The predicted octanol–water partition coefficient (Wildman–Crippen LogP) is 5.98. The monoisotopic (exact) mass is 824 g/mol. The van der Waals surface area contributed by atoms with Crippen LogP contribution in [-0.4, -0.2) is 96.2 Å². The molecule has 5 N–H and O–H groups in total. The molecular formula is C41H57N6O10P. The van der Waals surface area contributed by atoms with E-state index in [1.807, 2.05) is 6.07 Å². The molecule has 58 heavy (non-hydrogen) atoms. The van der Waals surface area contributed by atoms with Gasteiger partial charge in [0.25, 0.3) is 11.8 Å². The predicted molar refractivity (Wildman–Crippen MR) is 212 cm³/mol. The first-order valence-corrected chi connectivity index (χ1v) is 22.3. The summed E-state index contributed by atoms with van der Waals surface area (Å²) in [5.41, 5.74) is 2.29. The zero-order valence-corrected chi connectivity index (χ0v) is 34.1. The van der Waals surface area contributed by atoms with Gasteiger partial charge in [0.15, 0.2) is 11.4 Å². The molecule has 316 valence electrons. The first kappa shape index (κ1) is 43.8. The van der Waals surface area contributed by atoms with Crippen LogP contribution in [0, 0.1) is 11.3 Å². The van der Waals surface area contributed by atoms with Crippen LogP contribution in [0.2, 0.25) is 0 Å². The number of ether oxygens (including phenoxy) is 2. The van der Waals surface area contributed by atoms with Gasteiger partial charge in [0.1, 0.15) is 36.2 Å². The van der Waals surface area contributed by atoms with E-state index in [0.29, 0.717) is 12.1 Å². The number of aliphatic hydroxyl groups is 2. The van der Waals surface area contributed by atoms with E-state index in [-0.39, 0.29) is 29.2 Å². The normalized spacial score (nSPS) is 25.2. The van der Waals surface area contributed by atoms with Gasteiger partial charge >= 0.3 is 7.82 Å². The second-order valence-corrected chi connectivity index (χ2v) is 17.1. The van der Waals surface area contributed by atoms with Crippen LogP contribution in [0.4, 0.5) is 5.82 Å². The van der Waals surface area contributed by atoms with Crippen LogP contribution in [0.1, 0.15) is 136 Å². The third-order valence-corrected chi connectivity index (χ3v) is 12.5. The quantitative estimate of drug-likeness (QED) is 0.0415. The van der Waals surface area contributed by atoms with Crippen molar-refractivity contribution in [1.82, 2.24) is 19.5 Å². The zero-order chi connectivity index (χ0) is 41.3. The average molecular weight is 825 g/mol. The smallest absolute Gasteiger partial charge is 0.385 e. The number of aliphatic hydroxyl groups excluding tert-OH is 1. The van der Waals surface area contributed by atoms with Crippen molar-refractivity contribution >= 4 is 31.0 Å². The van der Waals surface area contributed by atoms with Gasteiger partial charge in [0.2, 0.25) is 5.60 Å². The molecule has 2 unspecified atom stereocenters. The number of phosphoric acid groups is 1. The second-order valence-electron chi connectivity index (χ2n) is 15.7. The van der Waals surface area contributed by atoms with E-state index < -0.39 is 61.8 Å². The van der Waals surface area contributed by atoms with Crippen molar-refractivity contribution in [3.8, 4) is 6.07 Å². The number of benzene rings is 1. The van der Waals surface area contributed by atoms with Crippen LogP contribution in [0.25, 0.3) is 5.52 Å². The van der Waals surface area contributed by atoms with Crippen molar-refractivity contribution in [3.63, 3.8) is 0 Å². The number of nitrogens with two attached hydrogens (primary N) is 1. The minimum Gasteiger partial charge on any atom is -0.385 e. The van der Waals surface area contributed by atoms with E-state index in [1.54, 1.807) is 12.1 Å². The number of aromatic nitrogens is 3. The van der Waals surface area contributed by atoms with Crippen LogP contribution in [0.15, 0.2) is 42.7 Å².